The van der Waals surface area contributed by atoms with Crippen LogP contribution in [-0.4, -0.2) is 0 Å². The molecular formula is C11H7BrF2INO. The largest absolute Gasteiger partial charge is 0.454 e. The van der Waals surface area contributed by atoms with Gasteiger partial charge in [-0.15, -0.1) is 0 Å². The molecule has 0 radical (unpaired) electrons. The molecule has 0 amide bonds. The van der Waals surface area contributed by atoms with Crippen LogP contribution in [-0.2, 0) is 6.54 Å². The Morgan fingerprint density at radius 3 is 2.65 bits per heavy atom. The Hall–Kier alpha value is -0.630. The molecule has 0 saturated carbocycles. The molecule has 90 valence electrons. The Morgan fingerprint density at radius 1 is 1.24 bits per heavy atom. The molecule has 0 aliphatic rings. The van der Waals surface area contributed by atoms with Gasteiger partial charge in [0.05, 0.1) is 16.7 Å². The van der Waals surface area contributed by atoms with Gasteiger partial charge in [-0.25, -0.2) is 8.78 Å². The lowest BCUT2D eigenvalue weighted by Crippen LogP contribution is -2.01. The van der Waals surface area contributed by atoms with Gasteiger partial charge >= 0.3 is 0 Å². The normalized spacial score (nSPS) is 10.6. The zero-order valence-corrected chi connectivity index (χ0v) is 12.2. The molecule has 1 N–H and O–H groups in total. The van der Waals surface area contributed by atoms with E-state index >= 15 is 0 Å². The highest BCUT2D eigenvalue weighted by molar-refractivity contribution is 14.1. The summed E-state index contributed by atoms with van der Waals surface area (Å²) in [5.74, 6) is -0.568. The number of halogens is 4. The second-order valence-corrected chi connectivity index (χ2v) is 5.22. The number of rotatable bonds is 3. The van der Waals surface area contributed by atoms with Gasteiger partial charge in [-0.3, -0.25) is 0 Å². The summed E-state index contributed by atoms with van der Waals surface area (Å²) in [6, 6.07) is 5.80. The SMILES string of the molecule is Fc1cc(F)c(NCc2ccc(I)o2)cc1Br. The standard InChI is InChI=1S/C11H7BrF2INO/c12-7-3-10(9(14)4-8(7)13)16-5-6-1-2-11(15)17-6/h1-4,16H,5H2. The van der Waals surface area contributed by atoms with E-state index in [1.807, 2.05) is 28.7 Å². The minimum absolute atomic E-state index is 0.218. The molecule has 1 aromatic heterocycles. The lowest BCUT2D eigenvalue weighted by molar-refractivity contribution is 0.492. The monoisotopic (exact) mass is 413 g/mol. The van der Waals surface area contributed by atoms with E-state index in [1.165, 1.54) is 6.07 Å². The van der Waals surface area contributed by atoms with Crippen LogP contribution in [0.3, 0.4) is 0 Å². The van der Waals surface area contributed by atoms with Gasteiger partial charge in [0.2, 0.25) is 0 Å². The van der Waals surface area contributed by atoms with Crippen LogP contribution >= 0.6 is 38.5 Å². The van der Waals surface area contributed by atoms with Gasteiger partial charge in [-0.1, -0.05) is 0 Å². The third-order valence-corrected chi connectivity index (χ3v) is 3.28. The average Bonchev–Trinajstić information content (AvgIpc) is 2.68. The molecule has 0 atom stereocenters. The zero-order valence-electron chi connectivity index (χ0n) is 8.44. The van der Waals surface area contributed by atoms with Crippen LogP contribution in [0.15, 0.2) is 33.2 Å². The fourth-order valence-electron chi connectivity index (χ4n) is 1.29. The summed E-state index contributed by atoms with van der Waals surface area (Å²) in [5, 5.41) is 2.84. The molecule has 2 nitrogen and oxygen atoms in total. The summed E-state index contributed by atoms with van der Waals surface area (Å²) in [6.07, 6.45) is 0. The Labute approximate surface area is 119 Å². The first kappa shape index (κ1) is 12.8. The molecule has 2 rings (SSSR count). The maximum atomic E-state index is 13.4. The Balaban J connectivity index is 2.11. The average molecular weight is 414 g/mol. The van der Waals surface area contributed by atoms with Gasteiger partial charge < -0.3 is 9.73 Å². The Bertz CT molecular complexity index is 544. The van der Waals surface area contributed by atoms with E-state index < -0.39 is 11.6 Å². The molecule has 0 aliphatic heterocycles. The molecule has 2 aromatic rings. The molecule has 0 bridgehead atoms. The van der Waals surface area contributed by atoms with Crippen molar-refractivity contribution < 1.29 is 13.2 Å². The van der Waals surface area contributed by atoms with Crippen molar-refractivity contribution in [2.24, 2.45) is 0 Å². The van der Waals surface area contributed by atoms with Crippen LogP contribution < -0.4 is 5.32 Å². The second kappa shape index (κ2) is 5.34. The molecular weight excluding hydrogens is 407 g/mol. The van der Waals surface area contributed by atoms with Gasteiger partial charge in [-0.05, 0) is 56.7 Å². The fourth-order valence-corrected chi connectivity index (χ4v) is 2.09. The summed E-state index contributed by atoms with van der Waals surface area (Å²) in [6.45, 7) is 0.345. The number of hydrogen-bond donors (Lipinski definition) is 1. The molecule has 17 heavy (non-hydrogen) atoms. The maximum absolute atomic E-state index is 13.4. The summed E-state index contributed by atoms with van der Waals surface area (Å²) < 4.78 is 32.7. The van der Waals surface area contributed by atoms with Crippen LogP contribution in [0, 0.1) is 15.4 Å². The highest BCUT2D eigenvalue weighted by Crippen LogP contribution is 2.24. The summed E-state index contributed by atoms with van der Waals surface area (Å²) in [4.78, 5) is 0. The van der Waals surface area contributed by atoms with E-state index in [2.05, 4.69) is 21.2 Å². The van der Waals surface area contributed by atoms with E-state index in [9.17, 15) is 8.78 Å². The molecule has 0 saturated heterocycles. The summed E-state index contributed by atoms with van der Waals surface area (Å²) in [7, 11) is 0. The summed E-state index contributed by atoms with van der Waals surface area (Å²) >= 11 is 5.05. The minimum Gasteiger partial charge on any atom is -0.454 e. The molecule has 1 aromatic carbocycles. The Morgan fingerprint density at radius 2 is 2.00 bits per heavy atom. The summed E-state index contributed by atoms with van der Waals surface area (Å²) in [5.41, 5.74) is 0.227. The van der Waals surface area contributed by atoms with Crippen molar-refractivity contribution >= 4 is 44.2 Å². The second-order valence-electron chi connectivity index (χ2n) is 3.31. The van der Waals surface area contributed by atoms with Crippen molar-refractivity contribution in [2.75, 3.05) is 5.32 Å². The highest BCUT2D eigenvalue weighted by atomic mass is 127. The molecule has 1 heterocycles. The third kappa shape index (κ3) is 3.19. The predicted molar refractivity (Wildman–Crippen MR) is 72.8 cm³/mol. The number of hydrogen-bond acceptors (Lipinski definition) is 2. The van der Waals surface area contributed by atoms with Gasteiger partial charge in [0, 0.05) is 6.07 Å². The number of furan rings is 1. The van der Waals surface area contributed by atoms with Gasteiger partial charge in [0.15, 0.2) is 3.77 Å². The molecule has 0 aliphatic carbocycles. The Kier molecular flexibility index (Phi) is 4.03. The first-order chi connectivity index (χ1) is 8.06. The minimum atomic E-state index is -0.632. The number of benzene rings is 1. The third-order valence-electron chi connectivity index (χ3n) is 2.09. The lowest BCUT2D eigenvalue weighted by Gasteiger charge is -2.07. The topological polar surface area (TPSA) is 25.2 Å². The molecule has 0 unspecified atom stereocenters. The number of anilines is 1. The van der Waals surface area contributed by atoms with Crippen LogP contribution in [0.1, 0.15) is 5.76 Å². The van der Waals surface area contributed by atoms with E-state index in [0.29, 0.717) is 12.3 Å². The van der Waals surface area contributed by atoms with Crippen molar-refractivity contribution in [1.82, 2.24) is 0 Å². The van der Waals surface area contributed by atoms with Crippen molar-refractivity contribution in [1.29, 1.82) is 0 Å². The zero-order chi connectivity index (χ0) is 12.4. The van der Waals surface area contributed by atoms with E-state index in [4.69, 9.17) is 4.42 Å². The van der Waals surface area contributed by atoms with Crippen LogP contribution in [0.2, 0.25) is 0 Å². The van der Waals surface area contributed by atoms with Crippen molar-refractivity contribution in [3.8, 4) is 0 Å². The van der Waals surface area contributed by atoms with Gasteiger partial charge in [-0.2, -0.15) is 0 Å². The number of nitrogens with one attached hydrogen (secondary N) is 1. The maximum Gasteiger partial charge on any atom is 0.164 e. The molecule has 0 fully saturated rings. The van der Waals surface area contributed by atoms with Crippen LogP contribution in [0.4, 0.5) is 14.5 Å². The first-order valence-electron chi connectivity index (χ1n) is 4.69. The molecule has 6 heteroatoms. The van der Waals surface area contributed by atoms with Gasteiger partial charge in [0.25, 0.3) is 0 Å². The lowest BCUT2D eigenvalue weighted by atomic mass is 10.3. The van der Waals surface area contributed by atoms with E-state index in [0.717, 1.165) is 9.83 Å². The van der Waals surface area contributed by atoms with Crippen LogP contribution in [0.5, 0.6) is 0 Å². The van der Waals surface area contributed by atoms with Crippen molar-refractivity contribution in [2.45, 2.75) is 6.54 Å². The fraction of sp³-hybridized carbons (Fsp3) is 0.0909. The molecule has 0 spiro atoms. The van der Waals surface area contributed by atoms with Crippen LogP contribution in [0.25, 0.3) is 0 Å². The quantitative estimate of drug-likeness (QED) is 0.590. The first-order valence-corrected chi connectivity index (χ1v) is 6.56. The van der Waals surface area contributed by atoms with E-state index in [1.54, 1.807) is 6.07 Å². The smallest absolute Gasteiger partial charge is 0.164 e. The van der Waals surface area contributed by atoms with Crippen molar-refractivity contribution in [3.05, 3.63) is 49.9 Å². The highest BCUT2D eigenvalue weighted by Gasteiger charge is 2.08. The van der Waals surface area contributed by atoms with E-state index in [-0.39, 0.29) is 10.2 Å². The predicted octanol–water partition coefficient (Wildman–Crippen LogP) is 4.54. The van der Waals surface area contributed by atoms with Gasteiger partial charge in [0.1, 0.15) is 17.4 Å². The van der Waals surface area contributed by atoms with Crippen molar-refractivity contribution in [3.63, 3.8) is 0 Å².